The fourth-order valence-corrected chi connectivity index (χ4v) is 4.91. The molecule has 0 bridgehead atoms. The van der Waals surface area contributed by atoms with Gasteiger partial charge in [0.2, 0.25) is 0 Å². The average molecular weight is 514 g/mol. The number of rotatable bonds is 5. The highest BCUT2D eigenvalue weighted by Crippen LogP contribution is 2.28. The third-order valence-corrected chi connectivity index (χ3v) is 7.06. The van der Waals surface area contributed by atoms with E-state index in [-0.39, 0.29) is 5.91 Å². The molecule has 5 heteroatoms. The van der Waals surface area contributed by atoms with Crippen LogP contribution in [0.15, 0.2) is 83.3 Å². The average Bonchev–Trinajstić information content (AvgIpc) is 2.89. The number of aromatic nitrogens is 1. The van der Waals surface area contributed by atoms with E-state index in [2.05, 4.69) is 52.0 Å². The van der Waals surface area contributed by atoms with Crippen molar-refractivity contribution in [3.05, 3.63) is 100 Å². The first-order valence-electron chi connectivity index (χ1n) is 11.9. The summed E-state index contributed by atoms with van der Waals surface area (Å²) in [5.74, 6) is 0.0784. The van der Waals surface area contributed by atoms with Crippen molar-refractivity contribution in [3.8, 4) is 11.3 Å². The molecule has 1 aliphatic rings. The number of pyridine rings is 1. The Morgan fingerprint density at radius 2 is 1.59 bits per heavy atom. The van der Waals surface area contributed by atoms with E-state index in [9.17, 15) is 4.79 Å². The van der Waals surface area contributed by atoms with Gasteiger partial charge in [-0.2, -0.15) is 0 Å². The number of benzene rings is 3. The van der Waals surface area contributed by atoms with E-state index in [1.165, 1.54) is 11.1 Å². The zero-order chi connectivity index (χ0) is 23.5. The van der Waals surface area contributed by atoms with Crippen molar-refractivity contribution < 1.29 is 4.79 Å². The molecule has 0 spiro atoms. The van der Waals surface area contributed by atoms with Gasteiger partial charge in [-0.15, -0.1) is 0 Å². The summed E-state index contributed by atoms with van der Waals surface area (Å²) in [5, 5.41) is 0.887. The molecule has 4 nitrogen and oxygen atoms in total. The van der Waals surface area contributed by atoms with Gasteiger partial charge in [0.05, 0.1) is 16.8 Å². The molecule has 1 fully saturated rings. The smallest absolute Gasteiger partial charge is 0.254 e. The Morgan fingerprint density at radius 1 is 0.882 bits per heavy atom. The summed E-state index contributed by atoms with van der Waals surface area (Å²) in [5.41, 5.74) is 6.09. The summed E-state index contributed by atoms with van der Waals surface area (Å²) in [6, 6.07) is 26.8. The highest BCUT2D eigenvalue weighted by molar-refractivity contribution is 9.10. The van der Waals surface area contributed by atoms with Crippen LogP contribution in [0.2, 0.25) is 0 Å². The maximum Gasteiger partial charge on any atom is 0.254 e. The van der Waals surface area contributed by atoms with E-state index >= 15 is 0 Å². The van der Waals surface area contributed by atoms with Crippen molar-refractivity contribution in [2.75, 3.05) is 26.2 Å². The van der Waals surface area contributed by atoms with Gasteiger partial charge in [0.1, 0.15) is 0 Å². The second-order valence-electron chi connectivity index (χ2n) is 8.82. The molecule has 1 saturated heterocycles. The Labute approximate surface area is 209 Å². The van der Waals surface area contributed by atoms with Crippen LogP contribution >= 0.6 is 15.9 Å². The molecule has 172 valence electrons. The third-order valence-electron chi connectivity index (χ3n) is 6.57. The lowest BCUT2D eigenvalue weighted by Crippen LogP contribution is -2.48. The van der Waals surface area contributed by atoms with Crippen molar-refractivity contribution in [2.45, 2.75) is 19.9 Å². The van der Waals surface area contributed by atoms with Crippen LogP contribution in [0.5, 0.6) is 0 Å². The summed E-state index contributed by atoms with van der Waals surface area (Å²) in [4.78, 5) is 23.0. The van der Waals surface area contributed by atoms with Crippen molar-refractivity contribution in [2.24, 2.45) is 0 Å². The summed E-state index contributed by atoms with van der Waals surface area (Å²) >= 11 is 3.56. The van der Waals surface area contributed by atoms with Gasteiger partial charge >= 0.3 is 0 Å². The van der Waals surface area contributed by atoms with Gasteiger partial charge in [0.15, 0.2) is 0 Å². The summed E-state index contributed by atoms with van der Waals surface area (Å²) in [7, 11) is 0. The number of carbonyl (C=O) groups is 1. The number of halogens is 1. The fourth-order valence-electron chi connectivity index (χ4n) is 4.55. The predicted molar refractivity (Wildman–Crippen MR) is 142 cm³/mol. The number of nitrogens with zero attached hydrogens (tertiary/aromatic N) is 3. The maximum absolute atomic E-state index is 13.7. The number of hydrogen-bond acceptors (Lipinski definition) is 3. The minimum absolute atomic E-state index is 0.0784. The van der Waals surface area contributed by atoms with Gasteiger partial charge in [0, 0.05) is 48.1 Å². The molecule has 4 aromatic rings. The second-order valence-corrected chi connectivity index (χ2v) is 9.74. The summed E-state index contributed by atoms with van der Waals surface area (Å²) < 4.78 is 0.947. The van der Waals surface area contributed by atoms with E-state index in [0.717, 1.165) is 65.8 Å². The zero-order valence-electron chi connectivity index (χ0n) is 19.4. The highest BCUT2D eigenvalue weighted by atomic mass is 79.9. The van der Waals surface area contributed by atoms with Gasteiger partial charge in [-0.25, -0.2) is 4.98 Å². The molecule has 5 rings (SSSR count). The molecule has 2 heterocycles. The fraction of sp³-hybridized carbons (Fsp3) is 0.241. The Bertz CT molecular complexity index is 1300. The topological polar surface area (TPSA) is 36.4 Å². The molecule has 1 amide bonds. The Balaban J connectivity index is 1.36. The Kier molecular flexibility index (Phi) is 6.75. The largest absolute Gasteiger partial charge is 0.336 e. The molecule has 34 heavy (non-hydrogen) atoms. The first-order valence-corrected chi connectivity index (χ1v) is 12.6. The number of carbonyl (C=O) groups excluding carboxylic acids is 1. The predicted octanol–water partition coefficient (Wildman–Crippen LogP) is 6.18. The van der Waals surface area contributed by atoms with Crippen LogP contribution in [-0.4, -0.2) is 46.9 Å². The number of fused-ring (bicyclic) bond motifs is 1. The minimum Gasteiger partial charge on any atom is -0.336 e. The van der Waals surface area contributed by atoms with Crippen LogP contribution in [0.25, 0.3) is 22.2 Å². The number of piperazine rings is 1. The monoisotopic (exact) mass is 513 g/mol. The van der Waals surface area contributed by atoms with Crippen LogP contribution in [0.1, 0.15) is 28.4 Å². The van der Waals surface area contributed by atoms with Crippen LogP contribution in [0, 0.1) is 0 Å². The number of hydrogen-bond donors (Lipinski definition) is 0. The maximum atomic E-state index is 13.7. The van der Waals surface area contributed by atoms with Gasteiger partial charge in [0.25, 0.3) is 5.91 Å². The van der Waals surface area contributed by atoms with Crippen molar-refractivity contribution >= 4 is 32.7 Å². The molecule has 0 atom stereocenters. The quantitative estimate of drug-likeness (QED) is 0.319. The van der Waals surface area contributed by atoms with Gasteiger partial charge in [-0.3, -0.25) is 9.69 Å². The first-order chi connectivity index (χ1) is 16.6. The van der Waals surface area contributed by atoms with Gasteiger partial charge < -0.3 is 4.90 Å². The minimum atomic E-state index is 0.0784. The van der Waals surface area contributed by atoms with E-state index in [0.29, 0.717) is 5.56 Å². The standard InChI is InChI=1S/C29H28BrN3O/c1-2-21-8-10-22(11-9-21)20-32-14-16-33(17-15-32)29(34)26-19-28(23-6-4-3-5-7-23)31-27-13-12-24(30)18-25(26)27/h3-13,18-19H,2,14-17,20H2,1H3. The molecule has 1 aliphatic heterocycles. The lowest BCUT2D eigenvalue weighted by atomic mass is 10.0. The lowest BCUT2D eigenvalue weighted by molar-refractivity contribution is 0.0630. The van der Waals surface area contributed by atoms with Gasteiger partial charge in [-0.05, 0) is 41.8 Å². The lowest BCUT2D eigenvalue weighted by Gasteiger charge is -2.35. The van der Waals surface area contributed by atoms with E-state index in [1.807, 2.05) is 59.5 Å². The molecule has 0 saturated carbocycles. The van der Waals surface area contributed by atoms with Gasteiger partial charge in [-0.1, -0.05) is 77.5 Å². The highest BCUT2D eigenvalue weighted by Gasteiger charge is 2.24. The first kappa shape index (κ1) is 22.8. The van der Waals surface area contributed by atoms with Crippen LogP contribution in [-0.2, 0) is 13.0 Å². The van der Waals surface area contributed by atoms with Crippen LogP contribution in [0.3, 0.4) is 0 Å². The van der Waals surface area contributed by atoms with E-state index in [1.54, 1.807) is 0 Å². The third kappa shape index (κ3) is 4.91. The molecule has 1 aromatic heterocycles. The Hall–Kier alpha value is -3.02. The molecule has 0 radical (unpaired) electrons. The Morgan fingerprint density at radius 3 is 2.29 bits per heavy atom. The molecule has 3 aromatic carbocycles. The van der Waals surface area contributed by atoms with Crippen molar-refractivity contribution in [1.29, 1.82) is 0 Å². The van der Waals surface area contributed by atoms with Crippen LogP contribution < -0.4 is 0 Å². The second kappa shape index (κ2) is 10.1. The summed E-state index contributed by atoms with van der Waals surface area (Å²) in [6.07, 6.45) is 1.06. The summed E-state index contributed by atoms with van der Waals surface area (Å²) in [6.45, 7) is 6.31. The molecular weight excluding hydrogens is 486 g/mol. The van der Waals surface area contributed by atoms with E-state index < -0.39 is 0 Å². The molecule has 0 aliphatic carbocycles. The normalized spacial score (nSPS) is 14.5. The molecular formula is C29H28BrN3O. The molecule has 0 N–H and O–H groups in total. The van der Waals surface area contributed by atoms with Crippen molar-refractivity contribution in [1.82, 2.24) is 14.8 Å². The van der Waals surface area contributed by atoms with E-state index in [4.69, 9.17) is 4.98 Å². The molecule has 0 unspecified atom stereocenters. The van der Waals surface area contributed by atoms with Crippen LogP contribution in [0.4, 0.5) is 0 Å². The number of amides is 1. The zero-order valence-corrected chi connectivity index (χ0v) is 21.0. The van der Waals surface area contributed by atoms with Crippen molar-refractivity contribution in [3.63, 3.8) is 0 Å². The number of aryl methyl sites for hydroxylation is 1. The SMILES string of the molecule is CCc1ccc(CN2CCN(C(=O)c3cc(-c4ccccc4)nc4ccc(Br)cc34)CC2)cc1.